The van der Waals surface area contributed by atoms with Crippen LogP contribution in [0.15, 0.2) is 12.7 Å². The number of carbonyl (C=O) groups excluding carboxylic acids is 1. The van der Waals surface area contributed by atoms with Crippen molar-refractivity contribution in [2.75, 3.05) is 6.61 Å². The van der Waals surface area contributed by atoms with Crippen LogP contribution in [0.1, 0.15) is 32.6 Å². The molecule has 0 aliphatic heterocycles. The molecule has 0 saturated heterocycles. The molecule has 5 nitrogen and oxygen atoms in total. The molecule has 0 aromatic heterocycles. The zero-order valence-electron chi connectivity index (χ0n) is 10.1. The number of aliphatic carboxylic acids is 1. The summed E-state index contributed by atoms with van der Waals surface area (Å²) in [6, 6.07) is 0. The number of alkyl carbamates (subject to hydrolysis) is 1. The van der Waals surface area contributed by atoms with Crippen molar-refractivity contribution in [3.63, 3.8) is 0 Å². The fourth-order valence-corrected chi connectivity index (χ4v) is 2.28. The molecule has 0 radical (unpaired) electrons. The summed E-state index contributed by atoms with van der Waals surface area (Å²) in [5, 5.41) is 11.8. The lowest BCUT2D eigenvalue weighted by atomic mass is 9.76. The van der Waals surface area contributed by atoms with Crippen LogP contribution in [0.25, 0.3) is 0 Å². The second-order valence-electron chi connectivity index (χ2n) is 4.60. The Kier molecular flexibility index (Phi) is 4.54. The van der Waals surface area contributed by atoms with Crippen molar-refractivity contribution in [3.05, 3.63) is 12.7 Å². The molecule has 0 bridgehead atoms. The summed E-state index contributed by atoms with van der Waals surface area (Å²) < 4.78 is 4.77. The van der Waals surface area contributed by atoms with Gasteiger partial charge in [-0.25, -0.2) is 9.59 Å². The standard InChI is InChI=1S/C12H19NO4/c1-3-7-17-11(16)13-12(10(14)15)6-4-5-9(2)8-12/h3,9H,1,4-8H2,2H3,(H,13,16)(H,14,15). The molecule has 5 heteroatoms. The van der Waals surface area contributed by atoms with Crippen LogP contribution >= 0.6 is 0 Å². The molecule has 1 saturated carbocycles. The van der Waals surface area contributed by atoms with Crippen LogP contribution in [0.5, 0.6) is 0 Å². The minimum Gasteiger partial charge on any atom is -0.480 e. The van der Waals surface area contributed by atoms with E-state index in [1.54, 1.807) is 0 Å². The summed E-state index contributed by atoms with van der Waals surface area (Å²) in [5.41, 5.74) is -1.17. The van der Waals surface area contributed by atoms with Crippen molar-refractivity contribution < 1.29 is 19.4 Å². The molecule has 0 heterocycles. The summed E-state index contributed by atoms with van der Waals surface area (Å²) in [6.45, 7) is 5.50. The Bertz CT molecular complexity index is 316. The number of carboxylic acid groups (broad SMARTS) is 1. The van der Waals surface area contributed by atoms with Gasteiger partial charge in [0.05, 0.1) is 0 Å². The molecule has 1 aliphatic carbocycles. The van der Waals surface area contributed by atoms with Crippen LogP contribution in [-0.4, -0.2) is 29.3 Å². The highest BCUT2D eigenvalue weighted by Gasteiger charge is 2.43. The molecular weight excluding hydrogens is 222 g/mol. The predicted molar refractivity (Wildman–Crippen MR) is 62.7 cm³/mol. The Morgan fingerprint density at radius 3 is 2.88 bits per heavy atom. The minimum absolute atomic E-state index is 0.0804. The first-order valence-electron chi connectivity index (χ1n) is 5.79. The van der Waals surface area contributed by atoms with E-state index in [1.165, 1.54) is 6.08 Å². The third-order valence-electron chi connectivity index (χ3n) is 3.08. The molecule has 2 N–H and O–H groups in total. The number of rotatable bonds is 4. The highest BCUT2D eigenvalue weighted by molar-refractivity contribution is 5.84. The van der Waals surface area contributed by atoms with Gasteiger partial charge in [-0.1, -0.05) is 32.4 Å². The average Bonchev–Trinajstić information content (AvgIpc) is 2.26. The average molecular weight is 241 g/mol. The van der Waals surface area contributed by atoms with Crippen molar-refractivity contribution >= 4 is 12.1 Å². The molecule has 0 spiro atoms. The van der Waals surface area contributed by atoms with E-state index >= 15 is 0 Å². The second kappa shape index (κ2) is 5.70. The second-order valence-corrected chi connectivity index (χ2v) is 4.60. The van der Waals surface area contributed by atoms with Gasteiger partial charge >= 0.3 is 12.1 Å². The Labute approximate surface area is 101 Å². The summed E-state index contributed by atoms with van der Waals surface area (Å²) in [6.07, 6.45) is 3.45. The zero-order chi connectivity index (χ0) is 12.9. The van der Waals surface area contributed by atoms with Gasteiger partial charge in [0.1, 0.15) is 12.1 Å². The number of nitrogens with one attached hydrogen (secondary N) is 1. The fourth-order valence-electron chi connectivity index (χ4n) is 2.28. The van der Waals surface area contributed by atoms with Gasteiger partial charge in [0.25, 0.3) is 0 Å². The minimum atomic E-state index is -1.17. The van der Waals surface area contributed by atoms with Gasteiger partial charge in [-0.3, -0.25) is 0 Å². The van der Waals surface area contributed by atoms with E-state index in [9.17, 15) is 14.7 Å². The van der Waals surface area contributed by atoms with Gasteiger partial charge in [-0.15, -0.1) is 0 Å². The molecule has 1 rings (SSSR count). The predicted octanol–water partition coefficient (Wildman–Crippen LogP) is 1.93. The molecule has 1 fully saturated rings. The van der Waals surface area contributed by atoms with E-state index in [0.717, 1.165) is 12.8 Å². The zero-order valence-corrected chi connectivity index (χ0v) is 10.1. The number of carboxylic acids is 1. The first-order chi connectivity index (χ1) is 8.00. The van der Waals surface area contributed by atoms with E-state index in [0.29, 0.717) is 18.8 Å². The topological polar surface area (TPSA) is 75.6 Å². The number of carbonyl (C=O) groups is 2. The summed E-state index contributed by atoms with van der Waals surface area (Å²) in [5.74, 6) is -0.695. The Morgan fingerprint density at radius 2 is 2.35 bits per heavy atom. The van der Waals surface area contributed by atoms with Gasteiger partial charge in [-0.2, -0.15) is 0 Å². The largest absolute Gasteiger partial charge is 0.480 e. The number of ether oxygens (including phenoxy) is 1. The summed E-state index contributed by atoms with van der Waals surface area (Å²) in [7, 11) is 0. The van der Waals surface area contributed by atoms with Crippen LogP contribution in [0.4, 0.5) is 4.79 Å². The number of hydrogen-bond acceptors (Lipinski definition) is 3. The summed E-state index contributed by atoms with van der Waals surface area (Å²) in [4.78, 5) is 22.8. The first-order valence-corrected chi connectivity index (χ1v) is 5.79. The molecule has 96 valence electrons. The SMILES string of the molecule is C=CCOC(=O)NC1(C(=O)O)CCCC(C)C1. The Morgan fingerprint density at radius 1 is 1.65 bits per heavy atom. The molecule has 2 atom stereocenters. The smallest absolute Gasteiger partial charge is 0.408 e. The van der Waals surface area contributed by atoms with Crippen molar-refractivity contribution in [2.24, 2.45) is 5.92 Å². The lowest BCUT2D eigenvalue weighted by Crippen LogP contribution is -2.56. The maximum Gasteiger partial charge on any atom is 0.408 e. The van der Waals surface area contributed by atoms with Crippen LogP contribution in [0.3, 0.4) is 0 Å². The third kappa shape index (κ3) is 3.47. The maximum absolute atomic E-state index is 11.4. The Balaban J connectivity index is 2.68. The lowest BCUT2D eigenvalue weighted by Gasteiger charge is -2.36. The first kappa shape index (κ1) is 13.5. The van der Waals surface area contributed by atoms with Crippen molar-refractivity contribution in [3.8, 4) is 0 Å². The van der Waals surface area contributed by atoms with Gasteiger partial charge < -0.3 is 15.2 Å². The molecule has 1 amide bonds. The molecular formula is C12H19NO4. The number of amides is 1. The molecule has 1 aliphatic rings. The van der Waals surface area contributed by atoms with Gasteiger partial charge in [0, 0.05) is 0 Å². The maximum atomic E-state index is 11.4. The van der Waals surface area contributed by atoms with Crippen LogP contribution in [0.2, 0.25) is 0 Å². The quantitative estimate of drug-likeness (QED) is 0.737. The van der Waals surface area contributed by atoms with Crippen LogP contribution in [-0.2, 0) is 9.53 Å². The highest BCUT2D eigenvalue weighted by atomic mass is 16.5. The Hall–Kier alpha value is -1.52. The van der Waals surface area contributed by atoms with Gasteiger partial charge in [0.2, 0.25) is 0 Å². The van der Waals surface area contributed by atoms with Gasteiger partial charge in [0.15, 0.2) is 0 Å². The van der Waals surface area contributed by atoms with Crippen LogP contribution < -0.4 is 5.32 Å². The van der Waals surface area contributed by atoms with Crippen molar-refractivity contribution in [1.82, 2.24) is 5.32 Å². The molecule has 2 unspecified atom stereocenters. The van der Waals surface area contributed by atoms with E-state index in [-0.39, 0.29) is 6.61 Å². The number of hydrogen-bond donors (Lipinski definition) is 2. The van der Waals surface area contributed by atoms with Crippen LogP contribution in [0, 0.1) is 5.92 Å². The lowest BCUT2D eigenvalue weighted by molar-refractivity contribution is -0.146. The van der Waals surface area contributed by atoms with E-state index in [2.05, 4.69) is 11.9 Å². The van der Waals surface area contributed by atoms with E-state index in [1.807, 2.05) is 6.92 Å². The normalized spacial score (nSPS) is 28.2. The fraction of sp³-hybridized carbons (Fsp3) is 0.667. The van der Waals surface area contributed by atoms with E-state index < -0.39 is 17.6 Å². The molecule has 0 aromatic carbocycles. The highest BCUT2D eigenvalue weighted by Crippen LogP contribution is 2.32. The van der Waals surface area contributed by atoms with Crippen molar-refractivity contribution in [1.29, 1.82) is 0 Å². The van der Waals surface area contributed by atoms with E-state index in [4.69, 9.17) is 4.74 Å². The molecule has 17 heavy (non-hydrogen) atoms. The monoisotopic (exact) mass is 241 g/mol. The van der Waals surface area contributed by atoms with Crippen molar-refractivity contribution in [2.45, 2.75) is 38.1 Å². The molecule has 0 aromatic rings. The van der Waals surface area contributed by atoms with Gasteiger partial charge in [-0.05, 0) is 18.8 Å². The summed E-state index contributed by atoms with van der Waals surface area (Å²) >= 11 is 0. The third-order valence-corrected chi connectivity index (χ3v) is 3.08.